The molecule has 2 aliphatic carbocycles. The van der Waals surface area contributed by atoms with Crippen LogP contribution in [0.1, 0.15) is 94.7 Å². The van der Waals surface area contributed by atoms with Crippen molar-refractivity contribution in [2.45, 2.75) is 101 Å². The number of alkyl halides is 1. The fourth-order valence-electron chi connectivity index (χ4n) is 13.9. The van der Waals surface area contributed by atoms with Crippen molar-refractivity contribution >= 4 is 55.9 Å². The number of likely N-dealkylation sites (tertiary alicyclic amines) is 1. The smallest absolute Gasteiger partial charge is 0.319 e. The summed E-state index contributed by atoms with van der Waals surface area (Å²) in [5.41, 5.74) is 1.97. The topological polar surface area (TPSA) is 154 Å². The molecule has 13 rings (SSSR count). The summed E-state index contributed by atoms with van der Waals surface area (Å²) in [6, 6.07) is 12.3. The minimum Gasteiger partial charge on any atom is -0.508 e. The number of halogens is 3. The van der Waals surface area contributed by atoms with Gasteiger partial charge in [0.1, 0.15) is 34.3 Å². The molecule has 7 fully saturated rings. The molecule has 3 aromatic carbocycles. The van der Waals surface area contributed by atoms with Crippen LogP contribution < -0.4 is 19.9 Å². The Kier molecular flexibility index (Phi) is 11.8. The van der Waals surface area contributed by atoms with Crippen molar-refractivity contribution in [3.63, 3.8) is 0 Å². The van der Waals surface area contributed by atoms with E-state index in [0.717, 1.165) is 107 Å². The molecular formula is C57H65F3N10O5. The van der Waals surface area contributed by atoms with E-state index in [2.05, 4.69) is 42.0 Å². The second kappa shape index (κ2) is 18.3. The third kappa shape index (κ3) is 8.81. The Morgan fingerprint density at radius 3 is 2.40 bits per heavy atom. The van der Waals surface area contributed by atoms with Crippen molar-refractivity contribution in [1.29, 1.82) is 0 Å². The maximum Gasteiger partial charge on any atom is 0.319 e. The standard InChI is InChI=1S/C57H65F3N10O5/c1-3-38-43(58)9-5-35-25-37(71)27-41(46(35)38)49-47(59)50-42(28-61-49)51(70-17-4-11-57(33-70)16-24-75-57)64-53(63-50)74-34-55(12-13-55)31-67-18-14-54(15-19-67)29-56(60,30-54)32-68-20-22-69(23-21-68)36-6-7-39-44(26-36)66(2)65-48(39)40-8-10-45(72)62-52(40)73/h5-7,9,25-28,40,71H,3-4,8,10-24,29-34H2,1-2H3,(H,62,72,73)/t40?,57-/m0/s1. The first kappa shape index (κ1) is 48.5. The zero-order valence-electron chi connectivity index (χ0n) is 42.9. The Hall–Kier alpha value is -6.11. The maximum atomic E-state index is 17.3. The van der Waals surface area contributed by atoms with Crippen LogP contribution in [-0.2, 0) is 27.8 Å². The predicted molar refractivity (Wildman–Crippen MR) is 279 cm³/mol. The fraction of sp³-hybridized carbons (Fsp3) is 0.544. The number of phenols is 1. The van der Waals surface area contributed by atoms with Gasteiger partial charge in [0.05, 0.1) is 41.3 Å². The number of fused-ring (bicyclic) bond motifs is 3. The second-order valence-electron chi connectivity index (χ2n) is 23.3. The third-order valence-electron chi connectivity index (χ3n) is 18.2. The van der Waals surface area contributed by atoms with Gasteiger partial charge in [-0.2, -0.15) is 15.1 Å². The van der Waals surface area contributed by atoms with E-state index in [1.807, 2.05) is 24.7 Å². The monoisotopic (exact) mass is 1030 g/mol. The summed E-state index contributed by atoms with van der Waals surface area (Å²) in [6.07, 6.45) is 10.7. The number of aryl methyl sites for hydroxylation is 2. The van der Waals surface area contributed by atoms with E-state index in [0.29, 0.717) is 104 Å². The summed E-state index contributed by atoms with van der Waals surface area (Å²) >= 11 is 0. The van der Waals surface area contributed by atoms with Crippen molar-refractivity contribution in [2.75, 3.05) is 88.5 Å². The lowest BCUT2D eigenvalue weighted by atomic mass is 9.55. The van der Waals surface area contributed by atoms with Crippen LogP contribution in [0.2, 0.25) is 0 Å². The number of benzene rings is 3. The van der Waals surface area contributed by atoms with Crippen LogP contribution in [0.25, 0.3) is 43.8 Å². The first-order chi connectivity index (χ1) is 36.2. The molecule has 15 nitrogen and oxygen atoms in total. The van der Waals surface area contributed by atoms with Crippen LogP contribution in [0, 0.1) is 22.5 Å². The number of phenolic OH excluding ortho intramolecular Hbond substituents is 1. The molecule has 0 radical (unpaired) electrons. The normalized spacial score (nSPS) is 24.5. The number of ether oxygens (including phenoxy) is 2. The molecule has 5 saturated heterocycles. The van der Waals surface area contributed by atoms with Crippen LogP contribution in [-0.4, -0.2) is 141 Å². The molecule has 2 N–H and O–H groups in total. The number of aromatic nitrogens is 5. The van der Waals surface area contributed by atoms with Gasteiger partial charge in [-0.25, -0.2) is 13.2 Å². The second-order valence-corrected chi connectivity index (χ2v) is 23.3. The lowest BCUT2D eigenvalue weighted by Gasteiger charge is -2.57. The number of rotatable bonds is 12. The van der Waals surface area contributed by atoms with Crippen molar-refractivity contribution in [2.24, 2.45) is 17.9 Å². The number of piperazine rings is 1. The van der Waals surface area contributed by atoms with Gasteiger partial charge in [-0.05, 0) is 135 Å². The zero-order chi connectivity index (χ0) is 51.4. The summed E-state index contributed by atoms with van der Waals surface area (Å²) in [4.78, 5) is 48.1. The molecule has 18 heteroatoms. The lowest BCUT2D eigenvalue weighted by Crippen LogP contribution is -2.60. The molecule has 2 spiro atoms. The predicted octanol–water partition coefficient (Wildman–Crippen LogP) is 8.12. The molecule has 2 amide bonds. The number of aromatic hydroxyl groups is 1. The summed E-state index contributed by atoms with van der Waals surface area (Å²) < 4.78 is 63.5. The van der Waals surface area contributed by atoms with Crippen molar-refractivity contribution in [1.82, 2.24) is 39.8 Å². The van der Waals surface area contributed by atoms with E-state index in [4.69, 9.17) is 24.5 Å². The number of carbonyl (C=O) groups is 2. The summed E-state index contributed by atoms with van der Waals surface area (Å²) in [7, 11) is 1.89. The Bertz CT molecular complexity index is 3260. The largest absolute Gasteiger partial charge is 0.508 e. The van der Waals surface area contributed by atoms with Gasteiger partial charge >= 0.3 is 6.01 Å². The van der Waals surface area contributed by atoms with E-state index < -0.39 is 23.2 Å². The van der Waals surface area contributed by atoms with Crippen LogP contribution in [0.4, 0.5) is 24.7 Å². The van der Waals surface area contributed by atoms with Gasteiger partial charge in [-0.3, -0.25) is 29.5 Å². The van der Waals surface area contributed by atoms with Gasteiger partial charge in [-0.1, -0.05) is 13.0 Å². The van der Waals surface area contributed by atoms with Gasteiger partial charge in [-0.15, -0.1) is 0 Å². The molecule has 6 aromatic rings. The van der Waals surface area contributed by atoms with E-state index in [1.165, 1.54) is 12.1 Å². The van der Waals surface area contributed by atoms with E-state index in [-0.39, 0.29) is 51.2 Å². The number of hydrogen-bond donors (Lipinski definition) is 2. The number of hydrogen-bond acceptors (Lipinski definition) is 13. The average molecular weight is 1030 g/mol. The molecule has 2 atom stereocenters. The highest BCUT2D eigenvalue weighted by atomic mass is 19.1. The molecule has 0 bridgehead atoms. The number of nitrogens with one attached hydrogen (secondary N) is 1. The Balaban J connectivity index is 0.645. The number of pyridine rings is 1. The Morgan fingerprint density at radius 1 is 0.880 bits per heavy atom. The summed E-state index contributed by atoms with van der Waals surface area (Å²) in [5.74, 6) is -1.59. The van der Waals surface area contributed by atoms with E-state index in [9.17, 15) is 14.7 Å². The van der Waals surface area contributed by atoms with Gasteiger partial charge < -0.3 is 29.3 Å². The van der Waals surface area contributed by atoms with Gasteiger partial charge in [0.15, 0.2) is 5.82 Å². The van der Waals surface area contributed by atoms with Gasteiger partial charge in [0.2, 0.25) is 11.8 Å². The number of carbonyl (C=O) groups excluding carboxylic acids is 2. The van der Waals surface area contributed by atoms with Crippen molar-refractivity contribution in [3.05, 3.63) is 71.6 Å². The Labute approximate surface area is 433 Å². The van der Waals surface area contributed by atoms with Crippen LogP contribution in [0.5, 0.6) is 11.8 Å². The molecule has 8 heterocycles. The molecule has 7 aliphatic rings. The number of anilines is 2. The lowest BCUT2D eigenvalue weighted by molar-refractivity contribution is -0.151. The highest BCUT2D eigenvalue weighted by molar-refractivity contribution is 6.03. The van der Waals surface area contributed by atoms with Crippen molar-refractivity contribution < 1.29 is 37.3 Å². The molecule has 1 unspecified atom stereocenters. The van der Waals surface area contributed by atoms with Gasteiger partial charge in [0, 0.05) is 100 Å². The molecule has 3 aromatic heterocycles. The quantitative estimate of drug-likeness (QED) is 0.114. The number of piperidine rings is 3. The van der Waals surface area contributed by atoms with Gasteiger partial charge in [0.25, 0.3) is 0 Å². The SMILES string of the molecule is CCc1c(F)ccc2cc(O)cc(-c3ncc4c(N5CCC[C@]6(CCO6)C5)nc(OCC5(CN6CCC7(CC6)CC(F)(CN6CCN(c8ccc9c(C%10CCC(=O)NC%10=O)nn(C)c9c8)CC6)C7)CC5)nc4c3F)c12. The Morgan fingerprint density at radius 2 is 1.67 bits per heavy atom. The van der Waals surface area contributed by atoms with Crippen molar-refractivity contribution in [3.8, 4) is 23.0 Å². The number of amides is 2. The van der Waals surface area contributed by atoms with Crippen LogP contribution >= 0.6 is 0 Å². The first-order valence-corrected chi connectivity index (χ1v) is 27.2. The van der Waals surface area contributed by atoms with Crippen LogP contribution in [0.15, 0.2) is 48.7 Å². The molecule has 75 heavy (non-hydrogen) atoms. The molecule has 2 saturated carbocycles. The third-order valence-corrected chi connectivity index (χ3v) is 18.2. The minimum atomic E-state index is -1.18. The summed E-state index contributed by atoms with van der Waals surface area (Å²) in [5, 5.41) is 20.4. The highest BCUT2D eigenvalue weighted by Gasteiger charge is 2.57. The zero-order valence-corrected chi connectivity index (χ0v) is 42.9. The number of nitrogens with zero attached hydrogens (tertiary/aromatic N) is 9. The minimum absolute atomic E-state index is 0.0321. The maximum absolute atomic E-state index is 17.3. The summed E-state index contributed by atoms with van der Waals surface area (Å²) in [6.45, 7) is 10.6. The highest BCUT2D eigenvalue weighted by Crippen LogP contribution is 2.58. The molecule has 5 aliphatic heterocycles. The van der Waals surface area contributed by atoms with E-state index in [1.54, 1.807) is 18.3 Å². The van der Waals surface area contributed by atoms with E-state index >= 15 is 13.2 Å². The first-order valence-electron chi connectivity index (χ1n) is 27.2. The fourth-order valence-corrected chi connectivity index (χ4v) is 13.9. The van der Waals surface area contributed by atoms with Crippen LogP contribution in [0.3, 0.4) is 0 Å². The molecular weight excluding hydrogens is 962 g/mol. The number of imide groups is 1. The average Bonchev–Trinajstić information content (AvgIpc) is 4.08. The molecule has 394 valence electrons.